The molecule has 0 unspecified atom stereocenters. The normalized spacial score (nSPS) is 15.0. The van der Waals surface area contributed by atoms with Crippen LogP contribution in [0.5, 0.6) is 5.75 Å². The number of nitrogens with one attached hydrogen (secondary N) is 1. The van der Waals surface area contributed by atoms with Gasteiger partial charge < -0.3 is 14.5 Å². The van der Waals surface area contributed by atoms with Crippen molar-refractivity contribution in [3.05, 3.63) is 29.5 Å². The first-order valence-corrected chi connectivity index (χ1v) is 8.08. The summed E-state index contributed by atoms with van der Waals surface area (Å²) in [4.78, 5) is 0. The first-order chi connectivity index (χ1) is 10.2. The minimum Gasteiger partial charge on any atom is -0.490 e. The van der Waals surface area contributed by atoms with E-state index in [2.05, 4.69) is 31.3 Å². The third-order valence-electron chi connectivity index (χ3n) is 3.92. The molecule has 1 N–H and O–H groups in total. The zero-order valence-corrected chi connectivity index (χ0v) is 13.2. The summed E-state index contributed by atoms with van der Waals surface area (Å²) in [5.74, 6) is 3.30. The maximum absolute atomic E-state index is 6.18. The molecule has 3 heteroatoms. The highest BCUT2D eigenvalue weighted by atomic mass is 16.5. The molecule has 1 saturated carbocycles. The summed E-state index contributed by atoms with van der Waals surface area (Å²) in [6, 6.07) is 6.23. The van der Waals surface area contributed by atoms with Gasteiger partial charge in [0.2, 0.25) is 0 Å². The Balaban J connectivity index is 1.94. The molecule has 1 aromatic heterocycles. The van der Waals surface area contributed by atoms with Crippen molar-refractivity contribution < 1.29 is 9.15 Å². The van der Waals surface area contributed by atoms with Crippen molar-refractivity contribution in [2.45, 2.75) is 46.1 Å². The Kier molecular flexibility index (Phi) is 4.20. The Hall–Kier alpha value is -1.48. The van der Waals surface area contributed by atoms with Crippen LogP contribution in [-0.4, -0.2) is 13.2 Å². The van der Waals surface area contributed by atoms with Gasteiger partial charge in [0.05, 0.1) is 13.2 Å². The number of ether oxygens (including phenoxy) is 1. The second kappa shape index (κ2) is 6.10. The van der Waals surface area contributed by atoms with Gasteiger partial charge in [0.25, 0.3) is 0 Å². The molecule has 1 aliphatic carbocycles. The molecule has 21 heavy (non-hydrogen) atoms. The number of rotatable bonds is 7. The summed E-state index contributed by atoms with van der Waals surface area (Å²) in [5.41, 5.74) is 2.32. The molecule has 2 aromatic rings. The molecule has 114 valence electrons. The van der Waals surface area contributed by atoms with Crippen molar-refractivity contribution in [3.63, 3.8) is 0 Å². The summed E-state index contributed by atoms with van der Waals surface area (Å²) in [7, 11) is 0. The molecule has 0 amide bonds. The van der Waals surface area contributed by atoms with E-state index in [1.54, 1.807) is 0 Å². The average molecular weight is 287 g/mol. The van der Waals surface area contributed by atoms with E-state index in [9.17, 15) is 0 Å². The molecule has 0 bridgehead atoms. The van der Waals surface area contributed by atoms with Crippen LogP contribution in [0, 0.1) is 5.92 Å². The molecular weight excluding hydrogens is 262 g/mol. The summed E-state index contributed by atoms with van der Waals surface area (Å²) >= 11 is 0. The van der Waals surface area contributed by atoms with Crippen LogP contribution in [0.4, 0.5) is 0 Å². The molecule has 0 aliphatic heterocycles. The third-order valence-corrected chi connectivity index (χ3v) is 3.92. The second-order valence-electron chi connectivity index (χ2n) is 6.30. The predicted octanol–water partition coefficient (Wildman–Crippen LogP) is 4.45. The summed E-state index contributed by atoms with van der Waals surface area (Å²) < 4.78 is 11.9. The Morgan fingerprint density at radius 2 is 2.14 bits per heavy atom. The highest BCUT2D eigenvalue weighted by molar-refractivity contribution is 5.88. The van der Waals surface area contributed by atoms with Crippen molar-refractivity contribution in [3.8, 4) is 5.75 Å². The molecule has 3 nitrogen and oxygen atoms in total. The Bertz CT molecular complexity index is 611. The van der Waals surface area contributed by atoms with Gasteiger partial charge in [-0.15, -0.1) is 0 Å². The Morgan fingerprint density at radius 1 is 1.33 bits per heavy atom. The van der Waals surface area contributed by atoms with Crippen LogP contribution in [0.25, 0.3) is 11.0 Å². The fourth-order valence-corrected chi connectivity index (χ4v) is 2.86. The average Bonchev–Trinajstić information content (AvgIpc) is 3.21. The van der Waals surface area contributed by atoms with Crippen molar-refractivity contribution in [2.24, 2.45) is 5.92 Å². The van der Waals surface area contributed by atoms with E-state index < -0.39 is 0 Å². The third kappa shape index (κ3) is 3.08. The van der Waals surface area contributed by atoms with Gasteiger partial charge in [-0.1, -0.05) is 26.0 Å². The molecule has 1 heterocycles. The zero-order chi connectivity index (χ0) is 14.8. The first kappa shape index (κ1) is 14.5. The van der Waals surface area contributed by atoms with Crippen LogP contribution in [-0.2, 0) is 6.54 Å². The topological polar surface area (TPSA) is 34.4 Å². The maximum Gasteiger partial charge on any atom is 0.176 e. The van der Waals surface area contributed by atoms with Gasteiger partial charge in [-0.2, -0.15) is 0 Å². The summed E-state index contributed by atoms with van der Waals surface area (Å²) in [6.45, 7) is 8.94. The Morgan fingerprint density at radius 3 is 2.81 bits per heavy atom. The summed E-state index contributed by atoms with van der Waals surface area (Å²) in [6.07, 6.45) is 2.56. The highest BCUT2D eigenvalue weighted by Gasteiger charge is 2.31. The van der Waals surface area contributed by atoms with Crippen LogP contribution in [0.3, 0.4) is 0 Å². The van der Waals surface area contributed by atoms with E-state index in [-0.39, 0.29) is 0 Å². The lowest BCUT2D eigenvalue weighted by Gasteiger charge is -2.06. The predicted molar refractivity (Wildman–Crippen MR) is 85.9 cm³/mol. The molecule has 3 rings (SSSR count). The first-order valence-electron chi connectivity index (χ1n) is 8.08. The van der Waals surface area contributed by atoms with Crippen molar-refractivity contribution >= 4 is 11.0 Å². The van der Waals surface area contributed by atoms with Crippen LogP contribution in [0.15, 0.2) is 22.6 Å². The molecule has 0 radical (unpaired) electrons. The number of fused-ring (bicyclic) bond motifs is 1. The quantitative estimate of drug-likeness (QED) is 0.816. The number of hydrogen-bond acceptors (Lipinski definition) is 3. The monoisotopic (exact) mass is 287 g/mol. The number of furan rings is 1. The van der Waals surface area contributed by atoms with Gasteiger partial charge in [-0.05, 0) is 44.2 Å². The second-order valence-corrected chi connectivity index (χ2v) is 6.30. The minimum atomic E-state index is 0.651. The molecule has 1 aromatic carbocycles. The Labute approximate surface area is 126 Å². The molecular formula is C18H25NO2. The van der Waals surface area contributed by atoms with Crippen LogP contribution in [0.2, 0.25) is 0 Å². The van der Waals surface area contributed by atoms with Crippen LogP contribution in [0.1, 0.15) is 50.9 Å². The molecule has 0 saturated heterocycles. The lowest BCUT2D eigenvalue weighted by Crippen LogP contribution is -2.19. The van der Waals surface area contributed by atoms with E-state index >= 15 is 0 Å². The highest BCUT2D eigenvalue weighted by Crippen LogP contribution is 2.47. The number of benzene rings is 1. The van der Waals surface area contributed by atoms with Crippen LogP contribution < -0.4 is 10.1 Å². The molecule has 0 spiro atoms. The molecule has 1 aliphatic rings. The lowest BCUT2D eigenvalue weighted by atomic mass is 10.1. The standard InChI is InChI=1S/C18H25NO2/c1-4-20-15-7-5-6-14-17(13-8-9-13)16(21-18(14)15)11-19-10-12(2)3/h5-7,12-13,19H,4,8-11H2,1-3H3. The van der Waals surface area contributed by atoms with Gasteiger partial charge >= 0.3 is 0 Å². The van der Waals surface area contributed by atoms with Gasteiger partial charge in [0, 0.05) is 10.9 Å². The smallest absolute Gasteiger partial charge is 0.176 e. The van der Waals surface area contributed by atoms with E-state index in [1.165, 1.54) is 23.8 Å². The largest absolute Gasteiger partial charge is 0.490 e. The van der Waals surface area contributed by atoms with Gasteiger partial charge in [-0.3, -0.25) is 0 Å². The van der Waals surface area contributed by atoms with Crippen molar-refractivity contribution in [2.75, 3.05) is 13.2 Å². The van der Waals surface area contributed by atoms with Crippen molar-refractivity contribution in [1.29, 1.82) is 0 Å². The number of para-hydroxylation sites is 1. The van der Waals surface area contributed by atoms with E-state index in [4.69, 9.17) is 9.15 Å². The van der Waals surface area contributed by atoms with Gasteiger partial charge in [0.1, 0.15) is 5.76 Å². The van der Waals surface area contributed by atoms with E-state index in [0.717, 1.165) is 30.2 Å². The van der Waals surface area contributed by atoms with Crippen LogP contribution >= 0.6 is 0 Å². The summed E-state index contributed by atoms with van der Waals surface area (Å²) in [5, 5.41) is 4.74. The zero-order valence-electron chi connectivity index (χ0n) is 13.2. The van der Waals surface area contributed by atoms with E-state index in [1.807, 2.05) is 13.0 Å². The van der Waals surface area contributed by atoms with Crippen molar-refractivity contribution in [1.82, 2.24) is 5.32 Å². The van der Waals surface area contributed by atoms with E-state index in [0.29, 0.717) is 18.4 Å². The fourth-order valence-electron chi connectivity index (χ4n) is 2.86. The fraction of sp³-hybridized carbons (Fsp3) is 0.556. The molecule has 0 atom stereocenters. The van der Waals surface area contributed by atoms with Gasteiger partial charge in [0.15, 0.2) is 11.3 Å². The molecule has 1 fully saturated rings. The number of hydrogen-bond donors (Lipinski definition) is 1. The minimum absolute atomic E-state index is 0.651. The maximum atomic E-state index is 6.18. The SMILES string of the molecule is CCOc1cccc2c(C3CC3)c(CNCC(C)C)oc12. The van der Waals surface area contributed by atoms with Gasteiger partial charge in [-0.25, -0.2) is 0 Å². The lowest BCUT2D eigenvalue weighted by molar-refractivity contribution is 0.337.